The first-order valence-electron chi connectivity index (χ1n) is 4.62. The number of carboxylic acids is 2. The number of hydrogen-bond donors (Lipinski definition) is 3. The van der Waals surface area contributed by atoms with Crippen LogP contribution >= 0.6 is 0 Å². The van der Waals surface area contributed by atoms with Gasteiger partial charge >= 0.3 is 11.9 Å². The second kappa shape index (κ2) is 3.87. The quantitative estimate of drug-likeness (QED) is 0.699. The van der Waals surface area contributed by atoms with Crippen molar-refractivity contribution >= 4 is 17.6 Å². The molecule has 7 heteroatoms. The summed E-state index contributed by atoms with van der Waals surface area (Å²) in [6, 6.07) is 2.82. The first kappa shape index (κ1) is 11.1. The van der Waals surface area contributed by atoms with E-state index in [4.69, 9.17) is 10.2 Å². The van der Waals surface area contributed by atoms with Gasteiger partial charge in [0.1, 0.15) is 5.65 Å². The standard InChI is InChI=1S/C10H8N2O5/c13-8(10(16)17)5-1-2-7-11-6(9(14)15)4-12(7)3-5/h1-4,8,13H,(H,14,15)(H,16,17). The monoisotopic (exact) mass is 236 g/mol. The molecule has 0 amide bonds. The van der Waals surface area contributed by atoms with Crippen LogP contribution in [0.2, 0.25) is 0 Å². The van der Waals surface area contributed by atoms with Crippen LogP contribution in [0.4, 0.5) is 0 Å². The minimum atomic E-state index is -1.64. The molecular weight excluding hydrogens is 228 g/mol. The summed E-state index contributed by atoms with van der Waals surface area (Å²) in [6.07, 6.45) is 0.929. The van der Waals surface area contributed by atoms with Crippen molar-refractivity contribution in [2.24, 2.45) is 0 Å². The maximum Gasteiger partial charge on any atom is 0.356 e. The predicted octanol–water partition coefficient (Wildman–Crippen LogP) is 0.151. The SMILES string of the molecule is O=C(O)c1cn2cc(C(O)C(=O)O)ccc2n1. The Kier molecular flexibility index (Phi) is 2.52. The maximum atomic E-state index is 10.7. The number of aliphatic hydroxyl groups excluding tert-OH is 1. The highest BCUT2D eigenvalue weighted by molar-refractivity contribution is 5.86. The van der Waals surface area contributed by atoms with Crippen LogP contribution in [-0.2, 0) is 4.79 Å². The van der Waals surface area contributed by atoms with Crippen LogP contribution in [-0.4, -0.2) is 36.6 Å². The van der Waals surface area contributed by atoms with E-state index >= 15 is 0 Å². The average Bonchev–Trinajstić information content (AvgIpc) is 2.70. The minimum Gasteiger partial charge on any atom is -0.479 e. The number of rotatable bonds is 3. The van der Waals surface area contributed by atoms with Gasteiger partial charge in [0, 0.05) is 18.0 Å². The Morgan fingerprint density at radius 3 is 2.53 bits per heavy atom. The highest BCUT2D eigenvalue weighted by atomic mass is 16.4. The molecule has 0 aliphatic rings. The van der Waals surface area contributed by atoms with Gasteiger partial charge in [-0.05, 0) is 6.07 Å². The molecule has 3 N–H and O–H groups in total. The van der Waals surface area contributed by atoms with Gasteiger partial charge in [-0.15, -0.1) is 0 Å². The number of pyridine rings is 1. The van der Waals surface area contributed by atoms with Gasteiger partial charge in [-0.2, -0.15) is 0 Å². The third-order valence-electron chi connectivity index (χ3n) is 2.24. The van der Waals surface area contributed by atoms with Crippen LogP contribution in [0.1, 0.15) is 22.2 Å². The Balaban J connectivity index is 2.50. The van der Waals surface area contributed by atoms with Crippen LogP contribution in [0.3, 0.4) is 0 Å². The van der Waals surface area contributed by atoms with E-state index in [9.17, 15) is 14.7 Å². The summed E-state index contributed by atoms with van der Waals surface area (Å²) >= 11 is 0. The van der Waals surface area contributed by atoms with Gasteiger partial charge in [-0.1, -0.05) is 6.07 Å². The molecule has 1 atom stereocenters. The average molecular weight is 236 g/mol. The Morgan fingerprint density at radius 2 is 1.94 bits per heavy atom. The zero-order valence-electron chi connectivity index (χ0n) is 8.44. The van der Waals surface area contributed by atoms with Gasteiger partial charge in [0.25, 0.3) is 0 Å². The van der Waals surface area contributed by atoms with E-state index in [2.05, 4.69) is 4.98 Å². The third-order valence-corrected chi connectivity index (χ3v) is 2.24. The van der Waals surface area contributed by atoms with E-state index in [1.165, 1.54) is 28.9 Å². The van der Waals surface area contributed by atoms with Crippen LogP contribution in [0, 0.1) is 0 Å². The van der Waals surface area contributed by atoms with E-state index < -0.39 is 18.0 Å². The number of nitrogens with zero attached hydrogens (tertiary/aromatic N) is 2. The summed E-state index contributed by atoms with van der Waals surface area (Å²) in [4.78, 5) is 25.1. The molecule has 7 nitrogen and oxygen atoms in total. The normalized spacial score (nSPS) is 12.5. The molecular formula is C10H8N2O5. The van der Waals surface area contributed by atoms with E-state index in [0.717, 1.165) is 0 Å². The van der Waals surface area contributed by atoms with Gasteiger partial charge in [0.2, 0.25) is 0 Å². The highest BCUT2D eigenvalue weighted by Gasteiger charge is 2.17. The number of aromatic carboxylic acids is 1. The molecule has 2 aromatic rings. The number of aliphatic hydroxyl groups is 1. The molecule has 0 aliphatic heterocycles. The van der Waals surface area contributed by atoms with E-state index in [1.54, 1.807) is 0 Å². The van der Waals surface area contributed by atoms with Crippen LogP contribution in [0.25, 0.3) is 5.65 Å². The van der Waals surface area contributed by atoms with E-state index in [1.807, 2.05) is 0 Å². The largest absolute Gasteiger partial charge is 0.479 e. The van der Waals surface area contributed by atoms with Crippen molar-refractivity contribution in [2.45, 2.75) is 6.10 Å². The molecule has 2 rings (SSSR count). The molecule has 0 spiro atoms. The van der Waals surface area contributed by atoms with Crippen molar-refractivity contribution in [3.63, 3.8) is 0 Å². The third kappa shape index (κ3) is 1.95. The van der Waals surface area contributed by atoms with E-state index in [0.29, 0.717) is 5.65 Å². The van der Waals surface area contributed by atoms with Gasteiger partial charge < -0.3 is 19.7 Å². The number of aliphatic carboxylic acids is 1. The maximum absolute atomic E-state index is 10.7. The lowest BCUT2D eigenvalue weighted by atomic mass is 10.2. The second-order valence-corrected chi connectivity index (χ2v) is 3.40. The zero-order chi connectivity index (χ0) is 12.6. The molecule has 2 heterocycles. The number of aromatic nitrogens is 2. The highest BCUT2D eigenvalue weighted by Crippen LogP contribution is 2.15. The van der Waals surface area contributed by atoms with Crippen LogP contribution in [0.15, 0.2) is 24.5 Å². The van der Waals surface area contributed by atoms with Crippen molar-refractivity contribution in [3.05, 3.63) is 35.8 Å². The predicted molar refractivity (Wildman–Crippen MR) is 54.7 cm³/mol. The summed E-state index contributed by atoms with van der Waals surface area (Å²) in [5, 5.41) is 26.7. The van der Waals surface area contributed by atoms with Gasteiger partial charge in [-0.3, -0.25) is 0 Å². The number of hydrogen-bond acceptors (Lipinski definition) is 4. The fourth-order valence-corrected chi connectivity index (χ4v) is 1.42. The minimum absolute atomic E-state index is 0.146. The number of fused-ring (bicyclic) bond motifs is 1. The molecule has 0 aliphatic carbocycles. The summed E-state index contributed by atoms with van der Waals surface area (Å²) in [5.74, 6) is -2.54. The topological polar surface area (TPSA) is 112 Å². The zero-order valence-corrected chi connectivity index (χ0v) is 8.44. The summed E-state index contributed by atoms with van der Waals surface area (Å²) in [5.41, 5.74) is 0.370. The molecule has 0 aromatic carbocycles. The molecule has 0 bridgehead atoms. The molecule has 88 valence electrons. The van der Waals surface area contributed by atoms with Crippen LogP contribution < -0.4 is 0 Å². The van der Waals surface area contributed by atoms with Gasteiger partial charge in [0.05, 0.1) is 0 Å². The molecule has 0 saturated heterocycles. The number of imidazole rings is 1. The molecule has 1 unspecified atom stereocenters. The van der Waals surface area contributed by atoms with Crippen molar-refractivity contribution in [1.82, 2.24) is 9.38 Å². The van der Waals surface area contributed by atoms with Gasteiger partial charge in [0.15, 0.2) is 11.8 Å². The van der Waals surface area contributed by atoms with E-state index in [-0.39, 0.29) is 11.3 Å². The molecule has 0 fully saturated rings. The number of carboxylic acid groups (broad SMARTS) is 2. The smallest absolute Gasteiger partial charge is 0.356 e. The lowest BCUT2D eigenvalue weighted by Gasteiger charge is -2.05. The van der Waals surface area contributed by atoms with Crippen molar-refractivity contribution in [1.29, 1.82) is 0 Å². The van der Waals surface area contributed by atoms with Crippen molar-refractivity contribution in [3.8, 4) is 0 Å². The Morgan fingerprint density at radius 1 is 1.24 bits per heavy atom. The molecule has 0 saturated carbocycles. The fraction of sp³-hybridized carbons (Fsp3) is 0.100. The van der Waals surface area contributed by atoms with Crippen molar-refractivity contribution < 1.29 is 24.9 Å². The Bertz CT molecular complexity index is 604. The summed E-state index contributed by atoms with van der Waals surface area (Å²) in [7, 11) is 0. The van der Waals surface area contributed by atoms with Crippen LogP contribution in [0.5, 0.6) is 0 Å². The lowest BCUT2D eigenvalue weighted by Crippen LogP contribution is -2.10. The summed E-state index contributed by atoms with van der Waals surface area (Å²) < 4.78 is 1.35. The van der Waals surface area contributed by atoms with Gasteiger partial charge in [-0.25, -0.2) is 14.6 Å². The van der Waals surface area contributed by atoms with Crippen molar-refractivity contribution in [2.75, 3.05) is 0 Å². The molecule has 0 radical (unpaired) electrons. The Hall–Kier alpha value is -2.41. The first-order valence-corrected chi connectivity index (χ1v) is 4.62. The first-order chi connectivity index (χ1) is 7.99. The molecule has 17 heavy (non-hydrogen) atoms. The second-order valence-electron chi connectivity index (χ2n) is 3.40. The molecule has 2 aromatic heterocycles. The fourth-order valence-electron chi connectivity index (χ4n) is 1.42. The number of carbonyl (C=O) groups is 2. The Labute approximate surface area is 94.6 Å². The summed E-state index contributed by atoms with van der Waals surface area (Å²) in [6.45, 7) is 0. The lowest BCUT2D eigenvalue weighted by molar-refractivity contribution is -0.146.